The summed E-state index contributed by atoms with van der Waals surface area (Å²) in [7, 11) is 0. The van der Waals surface area contributed by atoms with E-state index in [2.05, 4.69) is 66.7 Å². The Kier molecular flexibility index (Phi) is 5.42. The number of rotatable bonds is 4. The number of para-hydroxylation sites is 1. The molecular formula is C37H23N3O. The van der Waals surface area contributed by atoms with E-state index in [1.807, 2.05) is 72.8 Å². The highest BCUT2D eigenvalue weighted by Crippen LogP contribution is 2.51. The first-order valence-corrected chi connectivity index (χ1v) is 13.6. The van der Waals surface area contributed by atoms with Crippen molar-refractivity contribution >= 4 is 10.8 Å². The molecule has 0 fully saturated rings. The Hall–Kier alpha value is -5.61. The molecule has 0 atom stereocenters. The Morgan fingerprint density at radius 2 is 0.902 bits per heavy atom. The highest BCUT2D eigenvalue weighted by atomic mass is 16.5. The third kappa shape index (κ3) is 3.97. The van der Waals surface area contributed by atoms with E-state index in [1.165, 1.54) is 16.5 Å². The highest BCUT2D eigenvalue weighted by Gasteiger charge is 2.25. The second-order valence-electron chi connectivity index (χ2n) is 10.0. The topological polar surface area (TPSA) is 47.9 Å². The molecule has 192 valence electrons. The Morgan fingerprint density at radius 1 is 0.366 bits per heavy atom. The van der Waals surface area contributed by atoms with Gasteiger partial charge in [0.05, 0.1) is 5.56 Å². The molecule has 6 aromatic carbocycles. The molecule has 0 unspecified atom stereocenters. The molecule has 8 rings (SSSR count). The van der Waals surface area contributed by atoms with Gasteiger partial charge >= 0.3 is 0 Å². The van der Waals surface area contributed by atoms with E-state index in [4.69, 9.17) is 19.7 Å². The van der Waals surface area contributed by atoms with Crippen molar-refractivity contribution in [2.75, 3.05) is 0 Å². The van der Waals surface area contributed by atoms with Crippen molar-refractivity contribution in [1.29, 1.82) is 0 Å². The highest BCUT2D eigenvalue weighted by molar-refractivity contribution is 6.10. The summed E-state index contributed by atoms with van der Waals surface area (Å²) >= 11 is 0. The second kappa shape index (κ2) is 9.54. The average molecular weight is 526 g/mol. The summed E-state index contributed by atoms with van der Waals surface area (Å²) in [6.07, 6.45) is 0. The number of ether oxygens (including phenoxy) is 1. The monoisotopic (exact) mass is 525 g/mol. The van der Waals surface area contributed by atoms with E-state index < -0.39 is 0 Å². The average Bonchev–Trinajstić information content (AvgIpc) is 3.06. The standard InChI is InChI=1S/C37H23N3O/c1-4-12-24(13-5-1)27-22-23-32-33-28(27)18-10-19-29(33)30-20-11-21-31(34(30)41-32)37-39-35(25-14-6-2-7-15-25)38-36(40-37)26-16-8-3-9-17-26/h1-23H. The molecule has 7 aromatic rings. The molecule has 41 heavy (non-hydrogen) atoms. The maximum absolute atomic E-state index is 6.72. The predicted molar refractivity (Wildman–Crippen MR) is 165 cm³/mol. The summed E-state index contributed by atoms with van der Waals surface area (Å²) < 4.78 is 6.72. The first kappa shape index (κ1) is 23.3. The number of nitrogens with zero attached hydrogens (tertiary/aromatic N) is 3. The summed E-state index contributed by atoms with van der Waals surface area (Å²) in [6, 6.07) is 47.4. The van der Waals surface area contributed by atoms with E-state index in [1.54, 1.807) is 0 Å². The second-order valence-corrected chi connectivity index (χ2v) is 10.0. The van der Waals surface area contributed by atoms with Crippen LogP contribution < -0.4 is 4.74 Å². The lowest BCUT2D eigenvalue weighted by Crippen LogP contribution is -2.03. The first-order chi connectivity index (χ1) is 20.3. The maximum Gasteiger partial charge on any atom is 0.167 e. The molecule has 4 nitrogen and oxygen atoms in total. The largest absolute Gasteiger partial charge is 0.455 e. The molecule has 1 aliphatic rings. The van der Waals surface area contributed by atoms with Gasteiger partial charge < -0.3 is 4.74 Å². The van der Waals surface area contributed by atoms with Gasteiger partial charge in [-0.3, -0.25) is 0 Å². The van der Waals surface area contributed by atoms with Crippen LogP contribution in [-0.4, -0.2) is 15.0 Å². The van der Waals surface area contributed by atoms with Crippen LogP contribution in [0.3, 0.4) is 0 Å². The van der Waals surface area contributed by atoms with Crippen molar-refractivity contribution in [2.45, 2.75) is 0 Å². The van der Waals surface area contributed by atoms with Crippen LogP contribution >= 0.6 is 0 Å². The van der Waals surface area contributed by atoms with Crippen molar-refractivity contribution in [1.82, 2.24) is 15.0 Å². The third-order valence-electron chi connectivity index (χ3n) is 7.54. The van der Waals surface area contributed by atoms with E-state index in [0.717, 1.165) is 44.7 Å². The van der Waals surface area contributed by atoms with Gasteiger partial charge in [-0.25, -0.2) is 15.0 Å². The van der Waals surface area contributed by atoms with Crippen LogP contribution in [0.2, 0.25) is 0 Å². The lowest BCUT2D eigenvalue weighted by molar-refractivity contribution is 0.488. The molecule has 1 aliphatic heterocycles. The molecule has 0 saturated carbocycles. The summed E-state index contributed by atoms with van der Waals surface area (Å²) in [5.74, 6) is 3.40. The summed E-state index contributed by atoms with van der Waals surface area (Å²) in [5.41, 5.74) is 7.22. The van der Waals surface area contributed by atoms with Crippen LogP contribution in [0.4, 0.5) is 0 Å². The SMILES string of the molecule is c1ccc(-c2nc(-c3ccccc3)nc(-c3cccc4c3Oc3ccc(-c5ccccc5)c5cccc-4c35)n2)cc1. The van der Waals surface area contributed by atoms with Gasteiger partial charge in [-0.05, 0) is 34.2 Å². The van der Waals surface area contributed by atoms with Gasteiger partial charge in [0.25, 0.3) is 0 Å². The minimum Gasteiger partial charge on any atom is -0.455 e. The number of fused-ring (bicyclic) bond motifs is 2. The molecule has 0 aliphatic carbocycles. The molecule has 1 aromatic heterocycles. The fourth-order valence-electron chi connectivity index (χ4n) is 5.63. The Balaban J connectivity index is 1.34. The summed E-state index contributed by atoms with van der Waals surface area (Å²) in [5, 5.41) is 2.28. The number of hydrogen-bond acceptors (Lipinski definition) is 4. The fourth-order valence-corrected chi connectivity index (χ4v) is 5.63. The van der Waals surface area contributed by atoms with Crippen LogP contribution in [0.5, 0.6) is 11.5 Å². The van der Waals surface area contributed by atoms with Crippen LogP contribution in [0.15, 0.2) is 140 Å². The van der Waals surface area contributed by atoms with Crippen LogP contribution in [0, 0.1) is 0 Å². The summed E-state index contributed by atoms with van der Waals surface area (Å²) in [6.45, 7) is 0. The van der Waals surface area contributed by atoms with E-state index in [9.17, 15) is 0 Å². The molecule has 0 N–H and O–H groups in total. The summed E-state index contributed by atoms with van der Waals surface area (Å²) in [4.78, 5) is 14.8. The van der Waals surface area contributed by atoms with Crippen LogP contribution in [-0.2, 0) is 0 Å². The smallest absolute Gasteiger partial charge is 0.167 e. The first-order valence-electron chi connectivity index (χ1n) is 13.6. The van der Waals surface area contributed by atoms with E-state index in [-0.39, 0.29) is 0 Å². The van der Waals surface area contributed by atoms with Gasteiger partial charge in [0.1, 0.15) is 11.5 Å². The molecule has 0 radical (unpaired) electrons. The Labute approximate surface area is 237 Å². The zero-order valence-corrected chi connectivity index (χ0v) is 22.0. The molecule has 0 amide bonds. The van der Waals surface area contributed by atoms with Gasteiger partial charge in [-0.15, -0.1) is 0 Å². The van der Waals surface area contributed by atoms with E-state index in [0.29, 0.717) is 17.5 Å². The molecule has 0 saturated heterocycles. The van der Waals surface area contributed by atoms with Crippen molar-refractivity contribution in [3.05, 3.63) is 140 Å². The molecule has 0 spiro atoms. The van der Waals surface area contributed by atoms with Crippen LogP contribution in [0.25, 0.3) is 67.2 Å². The minimum absolute atomic E-state index is 0.575. The molecule has 0 bridgehead atoms. The minimum atomic E-state index is 0.575. The molecule has 2 heterocycles. The van der Waals surface area contributed by atoms with Crippen molar-refractivity contribution in [2.24, 2.45) is 0 Å². The van der Waals surface area contributed by atoms with Crippen molar-refractivity contribution in [3.8, 4) is 67.9 Å². The predicted octanol–water partition coefficient (Wildman–Crippen LogP) is 9.47. The van der Waals surface area contributed by atoms with Gasteiger partial charge in [0.2, 0.25) is 0 Å². The van der Waals surface area contributed by atoms with Crippen molar-refractivity contribution in [3.63, 3.8) is 0 Å². The molecule has 4 heteroatoms. The van der Waals surface area contributed by atoms with Crippen LogP contribution in [0.1, 0.15) is 0 Å². The maximum atomic E-state index is 6.72. The van der Waals surface area contributed by atoms with Gasteiger partial charge in [0, 0.05) is 22.1 Å². The normalized spacial score (nSPS) is 11.6. The van der Waals surface area contributed by atoms with Gasteiger partial charge in [-0.1, -0.05) is 127 Å². The van der Waals surface area contributed by atoms with Crippen molar-refractivity contribution < 1.29 is 4.74 Å². The quantitative estimate of drug-likeness (QED) is 0.230. The molecular weight excluding hydrogens is 502 g/mol. The Morgan fingerprint density at radius 3 is 1.56 bits per heavy atom. The number of benzene rings is 6. The lowest BCUT2D eigenvalue weighted by Gasteiger charge is -2.24. The van der Waals surface area contributed by atoms with Gasteiger partial charge in [0.15, 0.2) is 17.5 Å². The number of hydrogen-bond donors (Lipinski definition) is 0. The van der Waals surface area contributed by atoms with E-state index >= 15 is 0 Å². The van der Waals surface area contributed by atoms with Gasteiger partial charge in [-0.2, -0.15) is 0 Å². The third-order valence-corrected chi connectivity index (χ3v) is 7.54. The number of aromatic nitrogens is 3. The zero-order valence-electron chi connectivity index (χ0n) is 22.0. The fraction of sp³-hybridized carbons (Fsp3) is 0. The lowest BCUT2D eigenvalue weighted by atomic mass is 9.89. The zero-order chi connectivity index (χ0) is 27.2. The Bertz CT molecular complexity index is 2000.